The van der Waals surface area contributed by atoms with Crippen molar-refractivity contribution < 1.29 is 4.39 Å². The van der Waals surface area contributed by atoms with Gasteiger partial charge in [0.25, 0.3) is 0 Å². The van der Waals surface area contributed by atoms with Gasteiger partial charge in [-0.25, -0.2) is 4.39 Å². The average Bonchev–Trinajstić information content (AvgIpc) is 2.03. The Balaban J connectivity index is 2.19. The fourth-order valence-corrected chi connectivity index (χ4v) is 1.23. The summed E-state index contributed by atoms with van der Waals surface area (Å²) in [4.78, 5) is 4.41. The second-order valence-electron chi connectivity index (χ2n) is 3.50. The predicted molar refractivity (Wildman–Crippen MR) is 48.8 cm³/mol. The molecule has 0 N–H and O–H groups in total. The average molecular weight is 172 g/mol. The smallest absolute Gasteiger partial charge is 0.0985 e. The summed E-state index contributed by atoms with van der Waals surface area (Å²) in [6.07, 6.45) is 2.27. The van der Waals surface area contributed by atoms with Crippen molar-refractivity contribution in [1.29, 1.82) is 0 Å². The number of rotatable bonds is 3. The van der Waals surface area contributed by atoms with E-state index in [2.05, 4.69) is 23.9 Å². The Labute approximate surface area is 73.6 Å². The minimum absolute atomic E-state index is 0.0519. The maximum atomic E-state index is 12.6. The third-order valence-corrected chi connectivity index (χ3v) is 2.10. The van der Waals surface area contributed by atoms with Gasteiger partial charge in [0.05, 0.1) is 5.83 Å². The second kappa shape index (κ2) is 4.58. The lowest BCUT2D eigenvalue weighted by atomic mass is 10.2. The number of hydrogen-bond acceptors (Lipinski definition) is 2. The van der Waals surface area contributed by atoms with E-state index in [0.29, 0.717) is 6.42 Å². The molecule has 0 saturated carbocycles. The number of likely N-dealkylation sites (N-methyl/N-ethyl adjacent to an activating group) is 1. The molecule has 1 aliphatic rings. The Hall–Kier alpha value is -0.410. The van der Waals surface area contributed by atoms with Gasteiger partial charge >= 0.3 is 0 Å². The normalized spacial score (nSPS) is 19.8. The van der Waals surface area contributed by atoms with Crippen LogP contribution in [-0.2, 0) is 0 Å². The van der Waals surface area contributed by atoms with E-state index in [1.807, 2.05) is 0 Å². The van der Waals surface area contributed by atoms with E-state index in [9.17, 15) is 4.39 Å². The van der Waals surface area contributed by atoms with Crippen molar-refractivity contribution >= 4 is 0 Å². The lowest BCUT2D eigenvalue weighted by Crippen LogP contribution is -2.34. The first kappa shape index (κ1) is 9.68. The van der Waals surface area contributed by atoms with Crippen LogP contribution in [0.2, 0.25) is 0 Å². The van der Waals surface area contributed by atoms with Crippen LogP contribution < -0.4 is 0 Å². The predicted octanol–water partition coefficient (Wildman–Crippen LogP) is 1.11. The zero-order valence-corrected chi connectivity index (χ0v) is 7.89. The summed E-state index contributed by atoms with van der Waals surface area (Å²) in [6, 6.07) is 0. The molecule has 0 bridgehead atoms. The first-order valence-electron chi connectivity index (χ1n) is 4.40. The molecule has 12 heavy (non-hydrogen) atoms. The highest BCUT2D eigenvalue weighted by Crippen LogP contribution is 2.10. The zero-order valence-electron chi connectivity index (χ0n) is 7.89. The van der Waals surface area contributed by atoms with Gasteiger partial charge in [-0.2, -0.15) is 0 Å². The number of nitrogens with zero attached hydrogens (tertiary/aromatic N) is 2. The van der Waals surface area contributed by atoms with Crippen LogP contribution in [0.25, 0.3) is 0 Å². The third kappa shape index (κ3) is 3.32. The zero-order chi connectivity index (χ0) is 8.97. The van der Waals surface area contributed by atoms with Crippen LogP contribution in [0.15, 0.2) is 11.9 Å². The maximum Gasteiger partial charge on any atom is 0.0985 e. The van der Waals surface area contributed by atoms with Crippen LogP contribution in [0.5, 0.6) is 0 Å². The Kier molecular flexibility index (Phi) is 3.69. The lowest BCUT2D eigenvalue weighted by Gasteiger charge is -2.25. The molecule has 1 heterocycles. The molecule has 0 amide bonds. The van der Waals surface area contributed by atoms with E-state index in [0.717, 1.165) is 26.2 Å². The fourth-order valence-electron chi connectivity index (χ4n) is 1.23. The molecule has 0 saturated heterocycles. The molecule has 2 nitrogen and oxygen atoms in total. The van der Waals surface area contributed by atoms with Gasteiger partial charge in [-0.15, -0.1) is 0 Å². The number of halogens is 1. The van der Waals surface area contributed by atoms with Gasteiger partial charge in [0.2, 0.25) is 0 Å². The first-order chi connectivity index (χ1) is 5.68. The molecule has 0 atom stereocenters. The van der Waals surface area contributed by atoms with Crippen molar-refractivity contribution in [3.63, 3.8) is 0 Å². The Morgan fingerprint density at radius 3 is 2.83 bits per heavy atom. The molecule has 0 fully saturated rings. The van der Waals surface area contributed by atoms with Crippen molar-refractivity contribution in [3.05, 3.63) is 11.9 Å². The highest BCUT2D eigenvalue weighted by Gasteiger charge is 2.10. The third-order valence-electron chi connectivity index (χ3n) is 2.10. The summed E-state index contributed by atoms with van der Waals surface area (Å²) in [7, 11) is 4.11. The van der Waals surface area contributed by atoms with Gasteiger partial charge < -0.3 is 4.90 Å². The summed E-state index contributed by atoms with van der Waals surface area (Å²) in [6.45, 7) is 3.74. The molecule has 1 aliphatic heterocycles. The molecule has 0 aromatic heterocycles. The summed E-state index contributed by atoms with van der Waals surface area (Å²) in [5, 5.41) is 0. The van der Waals surface area contributed by atoms with Crippen molar-refractivity contribution in [2.75, 3.05) is 40.3 Å². The van der Waals surface area contributed by atoms with Gasteiger partial charge in [0.15, 0.2) is 0 Å². The highest BCUT2D eigenvalue weighted by atomic mass is 19.1. The van der Waals surface area contributed by atoms with E-state index in [4.69, 9.17) is 0 Å². The van der Waals surface area contributed by atoms with E-state index in [1.165, 1.54) is 0 Å². The van der Waals surface area contributed by atoms with E-state index >= 15 is 0 Å². The standard InChI is InChI=1S/C9H17FN2/c1-11(2)7-8-12-5-3-9(10)4-6-12/h3H,4-8H2,1-2H3. The molecule has 70 valence electrons. The van der Waals surface area contributed by atoms with Gasteiger partial charge in [-0.3, -0.25) is 4.90 Å². The molecule has 0 aliphatic carbocycles. The molecule has 0 aromatic carbocycles. The van der Waals surface area contributed by atoms with Gasteiger partial charge in [-0.05, 0) is 20.2 Å². The monoisotopic (exact) mass is 172 g/mol. The van der Waals surface area contributed by atoms with Crippen LogP contribution in [0.3, 0.4) is 0 Å². The van der Waals surface area contributed by atoms with Crippen molar-refractivity contribution in [2.45, 2.75) is 6.42 Å². The van der Waals surface area contributed by atoms with Crippen LogP contribution in [0.4, 0.5) is 4.39 Å². The molecular formula is C9H17FN2. The topological polar surface area (TPSA) is 6.48 Å². The fraction of sp³-hybridized carbons (Fsp3) is 0.778. The minimum Gasteiger partial charge on any atom is -0.308 e. The molecular weight excluding hydrogens is 155 g/mol. The van der Waals surface area contributed by atoms with Crippen LogP contribution >= 0.6 is 0 Å². The first-order valence-corrected chi connectivity index (χ1v) is 4.40. The van der Waals surface area contributed by atoms with Crippen LogP contribution in [-0.4, -0.2) is 50.1 Å². The SMILES string of the molecule is CN(C)CCN1CC=C(F)CC1. The Morgan fingerprint density at radius 2 is 2.33 bits per heavy atom. The minimum atomic E-state index is 0.0519. The van der Waals surface area contributed by atoms with E-state index < -0.39 is 0 Å². The lowest BCUT2D eigenvalue weighted by molar-refractivity contribution is 0.246. The van der Waals surface area contributed by atoms with Crippen molar-refractivity contribution in [3.8, 4) is 0 Å². The summed E-state index contributed by atoms with van der Waals surface area (Å²) in [5.74, 6) is 0.0519. The van der Waals surface area contributed by atoms with Crippen LogP contribution in [0, 0.1) is 0 Å². The number of hydrogen-bond donors (Lipinski definition) is 0. The van der Waals surface area contributed by atoms with Gasteiger partial charge in [0.1, 0.15) is 0 Å². The molecule has 0 spiro atoms. The molecule has 3 heteroatoms. The highest BCUT2D eigenvalue weighted by molar-refractivity contribution is 4.98. The summed E-state index contributed by atoms with van der Waals surface area (Å²) in [5.41, 5.74) is 0. The Bertz CT molecular complexity index is 166. The maximum absolute atomic E-state index is 12.6. The van der Waals surface area contributed by atoms with Crippen molar-refractivity contribution in [2.24, 2.45) is 0 Å². The summed E-state index contributed by atoms with van der Waals surface area (Å²) < 4.78 is 12.6. The molecule has 0 unspecified atom stereocenters. The molecule has 1 rings (SSSR count). The van der Waals surface area contributed by atoms with Crippen molar-refractivity contribution in [1.82, 2.24) is 9.80 Å². The van der Waals surface area contributed by atoms with E-state index in [1.54, 1.807) is 6.08 Å². The summed E-state index contributed by atoms with van der Waals surface area (Å²) >= 11 is 0. The van der Waals surface area contributed by atoms with E-state index in [-0.39, 0.29) is 5.83 Å². The van der Waals surface area contributed by atoms with Gasteiger partial charge in [0, 0.05) is 32.6 Å². The van der Waals surface area contributed by atoms with Crippen LogP contribution in [0.1, 0.15) is 6.42 Å². The molecule has 0 radical (unpaired) electrons. The second-order valence-corrected chi connectivity index (χ2v) is 3.50. The van der Waals surface area contributed by atoms with Gasteiger partial charge in [-0.1, -0.05) is 0 Å². The molecule has 0 aromatic rings. The quantitative estimate of drug-likeness (QED) is 0.629. The largest absolute Gasteiger partial charge is 0.308 e. The Morgan fingerprint density at radius 1 is 1.58 bits per heavy atom.